The fraction of sp³-hybridized carbons (Fsp3) is 0.533. The van der Waals surface area contributed by atoms with E-state index in [1.165, 1.54) is 13.0 Å². The van der Waals surface area contributed by atoms with Crippen LogP contribution in [0.5, 0.6) is 5.75 Å². The Balaban J connectivity index is 1.78. The predicted molar refractivity (Wildman–Crippen MR) is 76.2 cm³/mol. The summed E-state index contributed by atoms with van der Waals surface area (Å²) >= 11 is 0. The van der Waals surface area contributed by atoms with Crippen molar-refractivity contribution in [1.29, 1.82) is 0 Å². The molecular weight excluding hydrogens is 306 g/mol. The van der Waals surface area contributed by atoms with E-state index in [2.05, 4.69) is 5.32 Å². The third kappa shape index (κ3) is 3.17. The molecule has 8 heteroatoms. The minimum Gasteiger partial charge on any atom is -0.507 e. The SMILES string of the molecule is CC(=O)N[C@H]1C(O)O[C@@H]2COC(c3ccccc3O)O[C@H]2[C@@H]1O. The number of aliphatic hydroxyl groups excluding tert-OH is 2. The number of hydrogen-bond donors (Lipinski definition) is 4. The Morgan fingerprint density at radius 3 is 2.70 bits per heavy atom. The molecule has 8 nitrogen and oxygen atoms in total. The molecule has 2 fully saturated rings. The zero-order valence-electron chi connectivity index (χ0n) is 12.5. The van der Waals surface area contributed by atoms with Crippen molar-refractivity contribution in [1.82, 2.24) is 5.32 Å². The van der Waals surface area contributed by atoms with Crippen molar-refractivity contribution < 1.29 is 34.3 Å². The van der Waals surface area contributed by atoms with Crippen LogP contribution in [-0.4, -0.2) is 58.5 Å². The molecule has 0 bridgehead atoms. The third-order valence-electron chi connectivity index (χ3n) is 3.95. The first kappa shape index (κ1) is 16.2. The first-order valence-corrected chi connectivity index (χ1v) is 7.31. The van der Waals surface area contributed by atoms with E-state index in [9.17, 15) is 20.1 Å². The first-order valence-electron chi connectivity index (χ1n) is 7.31. The molecule has 2 aliphatic heterocycles. The van der Waals surface area contributed by atoms with E-state index < -0.39 is 42.8 Å². The summed E-state index contributed by atoms with van der Waals surface area (Å²) < 4.78 is 16.6. The molecule has 23 heavy (non-hydrogen) atoms. The van der Waals surface area contributed by atoms with Gasteiger partial charge in [0.2, 0.25) is 5.91 Å². The second-order valence-corrected chi connectivity index (χ2v) is 5.61. The summed E-state index contributed by atoms with van der Waals surface area (Å²) in [6, 6.07) is 5.55. The number of benzene rings is 1. The molecule has 1 aromatic rings. The highest BCUT2D eigenvalue weighted by molar-refractivity contribution is 5.73. The minimum absolute atomic E-state index is 0.0145. The van der Waals surface area contributed by atoms with Crippen LogP contribution in [0.15, 0.2) is 24.3 Å². The van der Waals surface area contributed by atoms with Crippen molar-refractivity contribution >= 4 is 5.91 Å². The highest BCUT2D eigenvalue weighted by Gasteiger charge is 2.49. The van der Waals surface area contributed by atoms with E-state index in [1.807, 2.05) is 0 Å². The van der Waals surface area contributed by atoms with Crippen molar-refractivity contribution in [3.8, 4) is 5.75 Å². The maximum atomic E-state index is 11.2. The number of amides is 1. The summed E-state index contributed by atoms with van der Waals surface area (Å²) in [5.41, 5.74) is 0.431. The zero-order valence-corrected chi connectivity index (χ0v) is 12.5. The number of nitrogens with one attached hydrogen (secondary N) is 1. The molecule has 1 amide bonds. The Labute approximate surface area is 132 Å². The van der Waals surface area contributed by atoms with Crippen molar-refractivity contribution in [2.75, 3.05) is 6.61 Å². The van der Waals surface area contributed by atoms with E-state index in [4.69, 9.17) is 14.2 Å². The molecule has 6 atom stereocenters. The van der Waals surface area contributed by atoms with Gasteiger partial charge in [-0.25, -0.2) is 0 Å². The summed E-state index contributed by atoms with van der Waals surface area (Å²) in [5.74, 6) is -0.389. The first-order chi connectivity index (χ1) is 11.0. The summed E-state index contributed by atoms with van der Waals surface area (Å²) in [6.07, 6.45) is -4.89. The van der Waals surface area contributed by atoms with Gasteiger partial charge in [0.1, 0.15) is 30.1 Å². The lowest BCUT2D eigenvalue weighted by molar-refractivity contribution is -0.338. The largest absolute Gasteiger partial charge is 0.507 e. The average molecular weight is 325 g/mol. The van der Waals surface area contributed by atoms with Crippen LogP contribution in [0.25, 0.3) is 0 Å². The molecule has 0 aromatic heterocycles. The van der Waals surface area contributed by atoms with Gasteiger partial charge < -0.3 is 34.8 Å². The smallest absolute Gasteiger partial charge is 0.217 e. The molecule has 4 N–H and O–H groups in total. The maximum absolute atomic E-state index is 11.2. The van der Waals surface area contributed by atoms with Gasteiger partial charge in [-0.1, -0.05) is 18.2 Å². The lowest BCUT2D eigenvalue weighted by Gasteiger charge is -2.46. The molecule has 0 aliphatic carbocycles. The second kappa shape index (κ2) is 6.42. The number of para-hydroxylation sites is 1. The fourth-order valence-corrected chi connectivity index (χ4v) is 2.84. The molecule has 1 aromatic carbocycles. The van der Waals surface area contributed by atoms with Crippen LogP contribution < -0.4 is 5.32 Å². The molecule has 2 aliphatic rings. The van der Waals surface area contributed by atoms with Crippen LogP contribution in [0.2, 0.25) is 0 Å². The number of ether oxygens (including phenoxy) is 3. The van der Waals surface area contributed by atoms with Crippen molar-refractivity contribution in [2.45, 2.75) is 43.9 Å². The number of rotatable bonds is 2. The van der Waals surface area contributed by atoms with Crippen LogP contribution >= 0.6 is 0 Å². The van der Waals surface area contributed by atoms with E-state index >= 15 is 0 Å². The molecule has 0 saturated carbocycles. The molecule has 126 valence electrons. The number of phenolic OH excluding ortho intramolecular Hbond substituents is 1. The monoisotopic (exact) mass is 325 g/mol. The topological polar surface area (TPSA) is 117 Å². The van der Waals surface area contributed by atoms with Crippen molar-refractivity contribution in [2.24, 2.45) is 0 Å². The third-order valence-corrected chi connectivity index (χ3v) is 3.95. The van der Waals surface area contributed by atoms with Gasteiger partial charge in [-0.15, -0.1) is 0 Å². The number of phenols is 1. The highest BCUT2D eigenvalue weighted by Crippen LogP contribution is 2.36. The number of aromatic hydroxyl groups is 1. The lowest BCUT2D eigenvalue weighted by Crippen LogP contribution is -2.66. The van der Waals surface area contributed by atoms with Gasteiger partial charge in [0.15, 0.2) is 12.6 Å². The molecule has 2 unspecified atom stereocenters. The molecule has 3 rings (SSSR count). The second-order valence-electron chi connectivity index (χ2n) is 5.61. The molecular formula is C15H19NO7. The van der Waals surface area contributed by atoms with Gasteiger partial charge in [-0.2, -0.15) is 0 Å². The number of aliphatic hydroxyl groups is 2. The van der Waals surface area contributed by atoms with Gasteiger partial charge in [0.05, 0.1) is 6.61 Å². The number of hydrogen-bond acceptors (Lipinski definition) is 7. The quantitative estimate of drug-likeness (QED) is 0.573. The predicted octanol–water partition coefficient (Wildman–Crippen LogP) is -0.611. The Morgan fingerprint density at radius 1 is 1.26 bits per heavy atom. The molecule has 0 radical (unpaired) electrons. The Kier molecular flexibility index (Phi) is 4.51. The van der Waals surface area contributed by atoms with Crippen molar-refractivity contribution in [3.05, 3.63) is 29.8 Å². The molecule has 0 spiro atoms. The van der Waals surface area contributed by atoms with E-state index in [1.54, 1.807) is 18.2 Å². The Morgan fingerprint density at radius 2 is 2.00 bits per heavy atom. The van der Waals surface area contributed by atoms with E-state index in [0.29, 0.717) is 5.56 Å². The average Bonchev–Trinajstić information content (AvgIpc) is 2.51. The van der Waals surface area contributed by atoms with Crippen LogP contribution in [0, 0.1) is 0 Å². The van der Waals surface area contributed by atoms with E-state index in [0.717, 1.165) is 0 Å². The number of carbonyl (C=O) groups is 1. The molecule has 2 saturated heterocycles. The van der Waals surface area contributed by atoms with Gasteiger partial charge in [-0.3, -0.25) is 4.79 Å². The summed E-state index contributed by atoms with van der Waals surface area (Å²) in [5, 5.41) is 32.7. The van der Waals surface area contributed by atoms with Crippen LogP contribution in [0.1, 0.15) is 18.8 Å². The van der Waals surface area contributed by atoms with Gasteiger partial charge >= 0.3 is 0 Å². The fourth-order valence-electron chi connectivity index (χ4n) is 2.84. The van der Waals surface area contributed by atoms with Crippen LogP contribution in [-0.2, 0) is 19.0 Å². The Bertz CT molecular complexity index is 581. The number of carbonyl (C=O) groups excluding carboxylic acids is 1. The van der Waals surface area contributed by atoms with Gasteiger partial charge in [0, 0.05) is 12.5 Å². The maximum Gasteiger partial charge on any atom is 0.217 e. The highest BCUT2D eigenvalue weighted by atomic mass is 16.7. The zero-order chi connectivity index (χ0) is 16.6. The molecule has 2 heterocycles. The van der Waals surface area contributed by atoms with Gasteiger partial charge in [0.25, 0.3) is 0 Å². The van der Waals surface area contributed by atoms with Crippen LogP contribution in [0.3, 0.4) is 0 Å². The van der Waals surface area contributed by atoms with Gasteiger partial charge in [-0.05, 0) is 6.07 Å². The lowest BCUT2D eigenvalue weighted by atomic mass is 9.95. The van der Waals surface area contributed by atoms with Crippen LogP contribution in [0.4, 0.5) is 0 Å². The minimum atomic E-state index is -1.36. The Hall–Kier alpha value is -1.71. The number of fused-ring (bicyclic) bond motifs is 1. The normalized spacial score (nSPS) is 37.0. The summed E-state index contributed by atoms with van der Waals surface area (Å²) in [4.78, 5) is 11.2. The van der Waals surface area contributed by atoms with Crippen molar-refractivity contribution in [3.63, 3.8) is 0 Å². The standard InChI is InChI=1S/C15H19NO7/c1-7(17)16-11-12(19)13-10(22-14(11)20)6-21-15(23-13)8-4-2-3-5-9(8)18/h2-5,10-15,18-20H,6H2,1H3,(H,16,17)/t10-,11-,12-,13-,14?,15?/m1/s1. The van der Waals surface area contributed by atoms with E-state index in [-0.39, 0.29) is 12.4 Å². The summed E-state index contributed by atoms with van der Waals surface area (Å²) in [6.45, 7) is 1.35. The summed E-state index contributed by atoms with van der Waals surface area (Å²) in [7, 11) is 0.